The Hall–Kier alpha value is -2.06. The van der Waals surface area contributed by atoms with E-state index in [2.05, 4.69) is 67.5 Å². The van der Waals surface area contributed by atoms with E-state index in [1.165, 1.54) is 33.2 Å². The van der Waals surface area contributed by atoms with Gasteiger partial charge in [0.1, 0.15) is 0 Å². The molecule has 0 aliphatic carbocycles. The standard InChI is InChI=1S/C21H25NO/c1-3-16-6-4-7-19-20(14-22-21(16)19)18(8-5-13-23)17-11-9-15(2)10-12-17/h4,6-7,9-12,14,18,22-23H,3,5,8,13H2,1-2H3. The third-order valence-corrected chi connectivity index (χ3v) is 4.72. The molecule has 1 atom stereocenters. The fourth-order valence-electron chi connectivity index (χ4n) is 3.42. The third kappa shape index (κ3) is 3.18. The van der Waals surface area contributed by atoms with Gasteiger partial charge in [0, 0.05) is 29.6 Å². The van der Waals surface area contributed by atoms with Gasteiger partial charge >= 0.3 is 0 Å². The summed E-state index contributed by atoms with van der Waals surface area (Å²) in [5, 5.41) is 10.6. The summed E-state index contributed by atoms with van der Waals surface area (Å²) in [5.74, 6) is 0.323. The van der Waals surface area contributed by atoms with Crippen molar-refractivity contribution in [2.24, 2.45) is 0 Å². The predicted molar refractivity (Wildman–Crippen MR) is 97.0 cm³/mol. The number of aliphatic hydroxyl groups excluding tert-OH is 1. The Bertz CT molecular complexity index is 770. The molecule has 0 saturated carbocycles. The molecule has 0 bridgehead atoms. The van der Waals surface area contributed by atoms with Crippen LogP contribution < -0.4 is 0 Å². The highest BCUT2D eigenvalue weighted by molar-refractivity contribution is 5.87. The highest BCUT2D eigenvalue weighted by Crippen LogP contribution is 2.35. The molecule has 0 fully saturated rings. The third-order valence-electron chi connectivity index (χ3n) is 4.72. The van der Waals surface area contributed by atoms with Crippen LogP contribution in [0, 0.1) is 6.92 Å². The molecule has 3 rings (SSSR count). The van der Waals surface area contributed by atoms with Gasteiger partial charge in [0.05, 0.1) is 0 Å². The minimum Gasteiger partial charge on any atom is -0.396 e. The summed E-state index contributed by atoms with van der Waals surface area (Å²) in [6, 6.07) is 15.3. The van der Waals surface area contributed by atoms with Gasteiger partial charge in [-0.3, -0.25) is 0 Å². The topological polar surface area (TPSA) is 36.0 Å². The maximum Gasteiger partial charge on any atom is 0.0489 e. The van der Waals surface area contributed by atoms with Crippen LogP contribution in [0.4, 0.5) is 0 Å². The van der Waals surface area contributed by atoms with Gasteiger partial charge in [-0.25, -0.2) is 0 Å². The smallest absolute Gasteiger partial charge is 0.0489 e. The molecule has 1 unspecified atom stereocenters. The van der Waals surface area contributed by atoms with E-state index in [9.17, 15) is 5.11 Å². The second-order valence-corrected chi connectivity index (χ2v) is 6.27. The number of aromatic nitrogens is 1. The lowest BCUT2D eigenvalue weighted by molar-refractivity contribution is 0.282. The zero-order valence-corrected chi connectivity index (χ0v) is 14.0. The van der Waals surface area contributed by atoms with E-state index >= 15 is 0 Å². The zero-order chi connectivity index (χ0) is 16.2. The second-order valence-electron chi connectivity index (χ2n) is 6.27. The van der Waals surface area contributed by atoms with E-state index in [0.717, 1.165) is 19.3 Å². The molecule has 120 valence electrons. The van der Waals surface area contributed by atoms with Crippen LogP contribution >= 0.6 is 0 Å². The van der Waals surface area contributed by atoms with Crippen molar-refractivity contribution in [2.75, 3.05) is 6.61 Å². The number of para-hydroxylation sites is 1. The summed E-state index contributed by atoms with van der Waals surface area (Å²) in [5.41, 5.74) is 6.56. The maximum absolute atomic E-state index is 9.29. The molecule has 1 aromatic heterocycles. The van der Waals surface area contributed by atoms with Crippen LogP contribution in [0.1, 0.15) is 47.9 Å². The number of H-pyrrole nitrogens is 1. The van der Waals surface area contributed by atoms with E-state index in [0.29, 0.717) is 5.92 Å². The molecule has 0 saturated heterocycles. The van der Waals surface area contributed by atoms with Gasteiger partial charge in [0.2, 0.25) is 0 Å². The van der Waals surface area contributed by atoms with Crippen LogP contribution in [0.25, 0.3) is 10.9 Å². The zero-order valence-electron chi connectivity index (χ0n) is 14.0. The van der Waals surface area contributed by atoms with Crippen molar-refractivity contribution in [1.29, 1.82) is 0 Å². The molecule has 2 aromatic carbocycles. The summed E-state index contributed by atoms with van der Waals surface area (Å²) in [7, 11) is 0. The number of hydrogen-bond donors (Lipinski definition) is 2. The minimum atomic E-state index is 0.241. The Balaban J connectivity index is 2.08. The summed E-state index contributed by atoms with van der Waals surface area (Å²) in [6.45, 7) is 4.55. The number of aryl methyl sites for hydroxylation is 2. The first-order valence-electron chi connectivity index (χ1n) is 8.51. The molecule has 3 aromatic rings. The minimum absolute atomic E-state index is 0.241. The molecule has 2 nitrogen and oxygen atoms in total. The van der Waals surface area contributed by atoms with Crippen molar-refractivity contribution in [1.82, 2.24) is 4.98 Å². The average molecular weight is 307 g/mol. The van der Waals surface area contributed by atoms with Crippen LogP contribution in [-0.2, 0) is 6.42 Å². The summed E-state index contributed by atoms with van der Waals surface area (Å²) in [4.78, 5) is 3.48. The number of benzene rings is 2. The van der Waals surface area contributed by atoms with Crippen LogP contribution in [0.2, 0.25) is 0 Å². The first-order chi connectivity index (χ1) is 11.2. The number of aromatic amines is 1. The Kier molecular flexibility index (Phi) is 4.82. The van der Waals surface area contributed by atoms with Gasteiger partial charge in [0.25, 0.3) is 0 Å². The van der Waals surface area contributed by atoms with E-state index in [1.807, 2.05) is 0 Å². The van der Waals surface area contributed by atoms with Gasteiger partial charge in [0.15, 0.2) is 0 Å². The molecular formula is C21H25NO. The van der Waals surface area contributed by atoms with Crippen molar-refractivity contribution in [3.05, 3.63) is 70.9 Å². The van der Waals surface area contributed by atoms with E-state index < -0.39 is 0 Å². The second kappa shape index (κ2) is 7.01. The van der Waals surface area contributed by atoms with Gasteiger partial charge < -0.3 is 10.1 Å². The lowest BCUT2D eigenvalue weighted by Crippen LogP contribution is -2.02. The van der Waals surface area contributed by atoms with Crippen LogP contribution in [0.5, 0.6) is 0 Å². The van der Waals surface area contributed by atoms with Crippen molar-refractivity contribution >= 4 is 10.9 Å². The monoisotopic (exact) mass is 307 g/mol. The Morgan fingerprint density at radius 2 is 1.87 bits per heavy atom. The normalized spacial score (nSPS) is 12.7. The number of rotatable bonds is 6. The molecule has 0 aliphatic heterocycles. The molecule has 0 radical (unpaired) electrons. The summed E-state index contributed by atoms with van der Waals surface area (Å²) in [6.07, 6.45) is 4.97. The quantitative estimate of drug-likeness (QED) is 0.664. The molecule has 23 heavy (non-hydrogen) atoms. The van der Waals surface area contributed by atoms with Gasteiger partial charge in [-0.1, -0.05) is 55.0 Å². The number of fused-ring (bicyclic) bond motifs is 1. The Morgan fingerprint density at radius 3 is 2.57 bits per heavy atom. The SMILES string of the molecule is CCc1cccc2c(C(CCCO)c3ccc(C)cc3)c[nH]c12. The number of nitrogens with one attached hydrogen (secondary N) is 1. The molecule has 0 aliphatic rings. The summed E-state index contributed by atoms with van der Waals surface area (Å²) >= 11 is 0. The fraction of sp³-hybridized carbons (Fsp3) is 0.333. The average Bonchev–Trinajstić information content (AvgIpc) is 3.01. The lowest BCUT2D eigenvalue weighted by atomic mass is 9.86. The molecule has 0 amide bonds. The first kappa shape index (κ1) is 15.8. The summed E-state index contributed by atoms with van der Waals surface area (Å²) < 4.78 is 0. The van der Waals surface area contributed by atoms with Crippen LogP contribution in [0.15, 0.2) is 48.7 Å². The fourth-order valence-corrected chi connectivity index (χ4v) is 3.42. The predicted octanol–water partition coefficient (Wildman–Crippen LogP) is 4.94. The van der Waals surface area contributed by atoms with Crippen LogP contribution in [0.3, 0.4) is 0 Å². The first-order valence-corrected chi connectivity index (χ1v) is 8.51. The highest BCUT2D eigenvalue weighted by Gasteiger charge is 2.18. The van der Waals surface area contributed by atoms with Gasteiger partial charge in [-0.15, -0.1) is 0 Å². The van der Waals surface area contributed by atoms with Crippen molar-refractivity contribution < 1.29 is 5.11 Å². The Labute approximate surface area is 138 Å². The molecule has 2 heteroatoms. The van der Waals surface area contributed by atoms with Crippen LogP contribution in [-0.4, -0.2) is 16.7 Å². The van der Waals surface area contributed by atoms with Crippen molar-refractivity contribution in [3.63, 3.8) is 0 Å². The van der Waals surface area contributed by atoms with Gasteiger partial charge in [-0.2, -0.15) is 0 Å². The number of aliphatic hydroxyl groups is 1. The van der Waals surface area contributed by atoms with Gasteiger partial charge in [-0.05, 0) is 42.9 Å². The molecule has 0 spiro atoms. The van der Waals surface area contributed by atoms with Crippen molar-refractivity contribution in [2.45, 2.75) is 39.0 Å². The lowest BCUT2D eigenvalue weighted by Gasteiger charge is -2.17. The van der Waals surface area contributed by atoms with E-state index in [1.54, 1.807) is 0 Å². The maximum atomic E-state index is 9.29. The molecular weight excluding hydrogens is 282 g/mol. The Morgan fingerprint density at radius 1 is 1.09 bits per heavy atom. The van der Waals surface area contributed by atoms with E-state index in [-0.39, 0.29) is 6.61 Å². The van der Waals surface area contributed by atoms with Crippen molar-refractivity contribution in [3.8, 4) is 0 Å². The molecule has 2 N–H and O–H groups in total. The molecule has 1 heterocycles. The largest absolute Gasteiger partial charge is 0.396 e. The number of hydrogen-bond acceptors (Lipinski definition) is 1. The highest BCUT2D eigenvalue weighted by atomic mass is 16.2. The van der Waals surface area contributed by atoms with E-state index in [4.69, 9.17) is 0 Å².